The van der Waals surface area contributed by atoms with Gasteiger partial charge in [0.1, 0.15) is 0 Å². The number of carbonyl (C=O) groups excluding carboxylic acids is 1. The number of hydrogen-bond acceptors (Lipinski definition) is 2. The lowest BCUT2D eigenvalue weighted by Gasteiger charge is -2.09. The van der Waals surface area contributed by atoms with E-state index in [1.165, 1.54) is 0 Å². The molecule has 1 aromatic heterocycles. The molecular formula is C10H13BrClNO2. The summed E-state index contributed by atoms with van der Waals surface area (Å²) in [6.07, 6.45) is 0.893. The summed E-state index contributed by atoms with van der Waals surface area (Å²) in [7, 11) is 0. The van der Waals surface area contributed by atoms with Gasteiger partial charge in [0.2, 0.25) is 0 Å². The third-order valence-corrected chi connectivity index (χ3v) is 2.65. The van der Waals surface area contributed by atoms with Crippen molar-refractivity contribution in [3.05, 3.63) is 22.6 Å². The smallest absolute Gasteiger partial charge is 0.287 e. The van der Waals surface area contributed by atoms with Crippen LogP contribution in [0.15, 0.2) is 21.2 Å². The molecule has 1 atom stereocenters. The second kappa shape index (κ2) is 6.18. The summed E-state index contributed by atoms with van der Waals surface area (Å²) in [5, 5.41) is 2.78. The van der Waals surface area contributed by atoms with Gasteiger partial charge in [-0.3, -0.25) is 4.79 Å². The fourth-order valence-electron chi connectivity index (χ4n) is 1.08. The summed E-state index contributed by atoms with van der Waals surface area (Å²) in [5.41, 5.74) is 0. The molecule has 15 heavy (non-hydrogen) atoms. The van der Waals surface area contributed by atoms with Crippen LogP contribution in [0.5, 0.6) is 0 Å². The summed E-state index contributed by atoms with van der Waals surface area (Å²) in [6, 6.07) is 3.32. The lowest BCUT2D eigenvalue weighted by molar-refractivity contribution is 0.0919. The quantitative estimate of drug-likeness (QED) is 0.848. The second-order valence-electron chi connectivity index (χ2n) is 3.40. The van der Waals surface area contributed by atoms with Crippen LogP contribution in [0.25, 0.3) is 0 Å². The van der Waals surface area contributed by atoms with E-state index >= 15 is 0 Å². The first-order chi connectivity index (χ1) is 7.13. The Morgan fingerprint density at radius 1 is 1.67 bits per heavy atom. The number of amides is 1. The van der Waals surface area contributed by atoms with Gasteiger partial charge in [0.05, 0.1) is 0 Å². The van der Waals surface area contributed by atoms with Gasteiger partial charge in [0.25, 0.3) is 5.91 Å². The van der Waals surface area contributed by atoms with E-state index in [1.54, 1.807) is 12.1 Å². The molecule has 0 saturated heterocycles. The molecule has 3 nitrogen and oxygen atoms in total. The Morgan fingerprint density at radius 2 is 2.40 bits per heavy atom. The Labute approximate surface area is 102 Å². The van der Waals surface area contributed by atoms with Crippen molar-refractivity contribution in [1.82, 2.24) is 5.32 Å². The SMILES string of the molecule is CC(CCCl)CNC(=O)c1ccc(Br)o1. The van der Waals surface area contributed by atoms with Gasteiger partial charge in [-0.2, -0.15) is 0 Å². The highest BCUT2D eigenvalue weighted by Gasteiger charge is 2.11. The Kier molecular flexibility index (Phi) is 5.19. The van der Waals surface area contributed by atoms with E-state index in [0.29, 0.717) is 28.8 Å². The van der Waals surface area contributed by atoms with E-state index in [4.69, 9.17) is 16.0 Å². The molecule has 0 aliphatic rings. The van der Waals surface area contributed by atoms with Crippen LogP contribution in [0.4, 0.5) is 0 Å². The summed E-state index contributed by atoms with van der Waals surface area (Å²) in [5.74, 6) is 1.12. The van der Waals surface area contributed by atoms with Crippen LogP contribution in [0.3, 0.4) is 0 Å². The topological polar surface area (TPSA) is 42.2 Å². The maximum atomic E-state index is 11.5. The number of furan rings is 1. The molecule has 1 aromatic rings. The molecule has 0 saturated carbocycles. The van der Waals surface area contributed by atoms with Gasteiger partial charge >= 0.3 is 0 Å². The van der Waals surface area contributed by atoms with Crippen LogP contribution < -0.4 is 5.32 Å². The van der Waals surface area contributed by atoms with Gasteiger partial charge in [-0.15, -0.1) is 11.6 Å². The minimum Gasteiger partial charge on any atom is -0.444 e. The van der Waals surface area contributed by atoms with E-state index in [-0.39, 0.29) is 5.91 Å². The summed E-state index contributed by atoms with van der Waals surface area (Å²) in [4.78, 5) is 11.5. The minimum atomic E-state index is -0.192. The maximum absolute atomic E-state index is 11.5. The van der Waals surface area contributed by atoms with Crippen molar-refractivity contribution < 1.29 is 9.21 Å². The molecule has 1 amide bonds. The number of rotatable bonds is 5. The van der Waals surface area contributed by atoms with E-state index in [9.17, 15) is 4.79 Å². The van der Waals surface area contributed by atoms with Crippen molar-refractivity contribution in [2.45, 2.75) is 13.3 Å². The summed E-state index contributed by atoms with van der Waals surface area (Å²) < 4.78 is 5.67. The largest absolute Gasteiger partial charge is 0.444 e. The number of carbonyl (C=O) groups is 1. The minimum absolute atomic E-state index is 0.192. The van der Waals surface area contributed by atoms with Crippen LogP contribution in [-0.4, -0.2) is 18.3 Å². The molecule has 0 aromatic carbocycles. The average Bonchev–Trinajstić information content (AvgIpc) is 2.62. The van der Waals surface area contributed by atoms with E-state index in [1.807, 2.05) is 6.92 Å². The molecule has 84 valence electrons. The highest BCUT2D eigenvalue weighted by molar-refractivity contribution is 9.10. The first-order valence-electron chi connectivity index (χ1n) is 4.73. The monoisotopic (exact) mass is 293 g/mol. The highest BCUT2D eigenvalue weighted by Crippen LogP contribution is 2.13. The molecule has 1 unspecified atom stereocenters. The lowest BCUT2D eigenvalue weighted by Crippen LogP contribution is -2.28. The zero-order chi connectivity index (χ0) is 11.3. The predicted molar refractivity (Wildman–Crippen MR) is 63.2 cm³/mol. The van der Waals surface area contributed by atoms with Gasteiger partial charge in [-0.05, 0) is 40.4 Å². The molecule has 0 aliphatic carbocycles. The molecule has 1 rings (SSSR count). The third kappa shape index (κ3) is 4.26. The molecular weight excluding hydrogens is 281 g/mol. The fraction of sp³-hybridized carbons (Fsp3) is 0.500. The Balaban J connectivity index is 2.36. The number of hydrogen-bond donors (Lipinski definition) is 1. The van der Waals surface area contributed by atoms with Gasteiger partial charge in [0.15, 0.2) is 10.4 Å². The molecule has 0 aliphatic heterocycles. The summed E-state index contributed by atoms with van der Waals surface area (Å²) >= 11 is 8.74. The Bertz CT molecular complexity index is 327. The van der Waals surface area contributed by atoms with E-state index in [0.717, 1.165) is 6.42 Å². The van der Waals surface area contributed by atoms with Crippen molar-refractivity contribution in [3.63, 3.8) is 0 Å². The zero-order valence-electron chi connectivity index (χ0n) is 8.43. The third-order valence-electron chi connectivity index (χ3n) is 2.01. The lowest BCUT2D eigenvalue weighted by atomic mass is 10.1. The molecule has 0 radical (unpaired) electrons. The Hall–Kier alpha value is -0.480. The summed E-state index contributed by atoms with van der Waals surface area (Å²) in [6.45, 7) is 2.66. The van der Waals surface area contributed by atoms with Crippen LogP contribution in [0.2, 0.25) is 0 Å². The fourth-order valence-corrected chi connectivity index (χ4v) is 1.76. The zero-order valence-corrected chi connectivity index (χ0v) is 10.8. The first-order valence-corrected chi connectivity index (χ1v) is 6.05. The van der Waals surface area contributed by atoms with Crippen molar-refractivity contribution in [1.29, 1.82) is 0 Å². The molecule has 0 bridgehead atoms. The normalized spacial score (nSPS) is 12.5. The van der Waals surface area contributed by atoms with Crippen LogP contribution in [-0.2, 0) is 0 Å². The standard InChI is InChI=1S/C10H13BrClNO2/c1-7(4-5-12)6-13-10(14)8-2-3-9(11)15-8/h2-3,7H,4-6H2,1H3,(H,13,14). The molecule has 1 N–H and O–H groups in total. The molecule has 1 heterocycles. The number of halogens is 2. The van der Waals surface area contributed by atoms with Gasteiger partial charge in [0, 0.05) is 12.4 Å². The van der Waals surface area contributed by atoms with E-state index < -0.39 is 0 Å². The van der Waals surface area contributed by atoms with Crippen LogP contribution in [0.1, 0.15) is 23.9 Å². The molecule has 0 fully saturated rings. The van der Waals surface area contributed by atoms with Crippen molar-refractivity contribution in [2.24, 2.45) is 5.92 Å². The molecule has 5 heteroatoms. The van der Waals surface area contributed by atoms with Gasteiger partial charge < -0.3 is 9.73 Å². The first kappa shape index (κ1) is 12.6. The predicted octanol–water partition coefficient (Wildman–Crippen LogP) is 3.04. The maximum Gasteiger partial charge on any atom is 0.287 e. The van der Waals surface area contributed by atoms with Crippen LogP contribution >= 0.6 is 27.5 Å². The highest BCUT2D eigenvalue weighted by atomic mass is 79.9. The Morgan fingerprint density at radius 3 is 2.93 bits per heavy atom. The number of nitrogens with one attached hydrogen (secondary N) is 1. The van der Waals surface area contributed by atoms with Gasteiger partial charge in [-0.25, -0.2) is 0 Å². The second-order valence-corrected chi connectivity index (χ2v) is 4.56. The molecule has 0 spiro atoms. The van der Waals surface area contributed by atoms with Crippen LogP contribution in [0, 0.1) is 5.92 Å². The van der Waals surface area contributed by atoms with Gasteiger partial charge in [-0.1, -0.05) is 6.92 Å². The number of alkyl halides is 1. The van der Waals surface area contributed by atoms with Crippen molar-refractivity contribution in [2.75, 3.05) is 12.4 Å². The van der Waals surface area contributed by atoms with E-state index in [2.05, 4.69) is 21.2 Å². The average molecular weight is 295 g/mol. The van der Waals surface area contributed by atoms with Crippen molar-refractivity contribution >= 4 is 33.4 Å². The van der Waals surface area contributed by atoms with Crippen molar-refractivity contribution in [3.8, 4) is 0 Å².